The Bertz CT molecular complexity index is 720. The summed E-state index contributed by atoms with van der Waals surface area (Å²) in [5.41, 5.74) is 0. The SMILES string of the molecule is C=CC[N+](CC=C)(CC=C)CCOP(=O)(OCC[N+](CC=C)(CC=C)CC=C)OCC[N+](CC=C)(CC=C)CC=C. The molecule has 0 fully saturated rings. The van der Waals surface area contributed by atoms with Crippen LogP contribution >= 0.6 is 7.82 Å². The van der Waals surface area contributed by atoms with Crippen LogP contribution in [-0.2, 0) is 18.1 Å². The van der Waals surface area contributed by atoms with Crippen molar-refractivity contribution >= 4 is 7.82 Å². The van der Waals surface area contributed by atoms with Crippen LogP contribution in [-0.4, -0.2) is 112 Å². The summed E-state index contributed by atoms with van der Waals surface area (Å²) in [6.07, 6.45) is 16.8. The lowest BCUT2D eigenvalue weighted by Gasteiger charge is -2.37. The molecule has 0 N–H and O–H groups in total. The Balaban J connectivity index is 5.89. The molecule has 0 unspecified atom stereocenters. The van der Waals surface area contributed by atoms with Gasteiger partial charge in [-0.1, -0.05) is 59.2 Å². The third kappa shape index (κ3) is 14.4. The maximum Gasteiger partial charge on any atom is 0.475 e. The largest absolute Gasteiger partial charge is 0.475 e. The minimum absolute atomic E-state index is 0.171. The molecule has 0 aliphatic carbocycles. The van der Waals surface area contributed by atoms with E-state index < -0.39 is 7.82 Å². The highest BCUT2D eigenvalue weighted by Crippen LogP contribution is 2.49. The molecule has 0 saturated heterocycles. The van der Waals surface area contributed by atoms with Gasteiger partial charge in [-0.05, 0) is 54.7 Å². The van der Waals surface area contributed by atoms with Gasteiger partial charge in [0.15, 0.2) is 0 Å². The van der Waals surface area contributed by atoms with E-state index in [0.29, 0.717) is 92.0 Å². The van der Waals surface area contributed by atoms with E-state index in [2.05, 4.69) is 59.2 Å². The maximum absolute atomic E-state index is 14.0. The lowest BCUT2D eigenvalue weighted by molar-refractivity contribution is -0.912. The fraction of sp³-hybridized carbons (Fsp3) is 0.455. The Kier molecular flexibility index (Phi) is 20.1. The molecular weight excluding hydrogens is 533 g/mol. The molecule has 0 aromatic heterocycles. The number of quaternary nitrogens is 3. The van der Waals surface area contributed by atoms with Crippen molar-refractivity contribution in [3.8, 4) is 0 Å². The van der Waals surface area contributed by atoms with Crippen LogP contribution in [0.25, 0.3) is 0 Å². The zero-order chi connectivity index (χ0) is 31.1. The highest BCUT2D eigenvalue weighted by Gasteiger charge is 2.34. The lowest BCUT2D eigenvalue weighted by atomic mass is 10.3. The van der Waals surface area contributed by atoms with E-state index in [0.717, 1.165) is 0 Å². The van der Waals surface area contributed by atoms with Crippen molar-refractivity contribution in [3.05, 3.63) is 114 Å². The van der Waals surface area contributed by atoms with Gasteiger partial charge in [0.2, 0.25) is 0 Å². The van der Waals surface area contributed by atoms with E-state index >= 15 is 0 Å². The van der Waals surface area contributed by atoms with Gasteiger partial charge in [-0.3, -0.25) is 13.6 Å². The zero-order valence-electron chi connectivity index (χ0n) is 25.6. The van der Waals surface area contributed by atoms with Crippen LogP contribution < -0.4 is 0 Å². The van der Waals surface area contributed by atoms with E-state index in [1.807, 2.05) is 54.7 Å². The van der Waals surface area contributed by atoms with Crippen LogP contribution in [0.5, 0.6) is 0 Å². The normalized spacial score (nSPS) is 12.2. The first-order chi connectivity index (χ1) is 19.7. The topological polar surface area (TPSA) is 44.8 Å². The highest BCUT2D eigenvalue weighted by molar-refractivity contribution is 7.48. The standard InChI is InChI=1S/C33H57N3O4P/c1-10-19-34(20-11-2,21-12-3)28-31-38-41(37,39-32-29-35(22-13-4,23-14-5)24-15-6)40-33-30-36(25-16-7,26-17-8)27-18-9/h10-18H,1-9,19-33H2/q+3. The molecule has 0 saturated carbocycles. The Morgan fingerprint density at radius 3 is 0.707 bits per heavy atom. The van der Waals surface area contributed by atoms with Crippen molar-refractivity contribution in [2.24, 2.45) is 0 Å². The van der Waals surface area contributed by atoms with Gasteiger partial charge < -0.3 is 13.4 Å². The average Bonchev–Trinajstić information content (AvgIpc) is 2.90. The zero-order valence-corrected chi connectivity index (χ0v) is 26.5. The Hall–Kier alpha value is -2.35. The third-order valence-electron chi connectivity index (χ3n) is 7.09. The summed E-state index contributed by atoms with van der Waals surface area (Å²) < 4.78 is 33.7. The predicted molar refractivity (Wildman–Crippen MR) is 176 cm³/mol. The first kappa shape index (κ1) is 38.6. The molecule has 0 heterocycles. The molecule has 0 bridgehead atoms. The smallest absolute Gasteiger partial charge is 0.312 e. The molecule has 0 aromatic carbocycles. The number of nitrogens with zero attached hydrogens (tertiary/aromatic N) is 3. The number of phosphoric acid groups is 1. The van der Waals surface area contributed by atoms with Crippen molar-refractivity contribution in [1.82, 2.24) is 0 Å². The molecule has 0 rings (SSSR count). The second-order valence-electron chi connectivity index (χ2n) is 10.4. The van der Waals surface area contributed by atoms with Crippen molar-refractivity contribution in [1.29, 1.82) is 0 Å². The van der Waals surface area contributed by atoms with Crippen LogP contribution in [0.2, 0.25) is 0 Å². The van der Waals surface area contributed by atoms with Crippen LogP contribution in [0.15, 0.2) is 114 Å². The van der Waals surface area contributed by atoms with Crippen LogP contribution in [0.3, 0.4) is 0 Å². The minimum atomic E-state index is -3.91. The van der Waals surface area contributed by atoms with Crippen molar-refractivity contribution in [2.75, 3.05) is 98.4 Å². The van der Waals surface area contributed by atoms with Gasteiger partial charge in [-0.15, -0.1) is 0 Å². The summed E-state index contributed by atoms with van der Waals surface area (Å²) in [6.45, 7) is 43.7. The molecule has 8 heteroatoms. The molecule has 0 amide bonds. The first-order valence-electron chi connectivity index (χ1n) is 14.2. The van der Waals surface area contributed by atoms with E-state index in [1.165, 1.54) is 0 Å². The van der Waals surface area contributed by atoms with Gasteiger partial charge in [0.1, 0.15) is 39.5 Å². The van der Waals surface area contributed by atoms with Gasteiger partial charge in [-0.2, -0.15) is 0 Å². The van der Waals surface area contributed by atoms with Crippen molar-refractivity contribution < 1.29 is 31.6 Å². The Morgan fingerprint density at radius 1 is 0.390 bits per heavy atom. The van der Waals surface area contributed by atoms with Crippen molar-refractivity contribution in [3.63, 3.8) is 0 Å². The molecule has 0 aliphatic heterocycles. The first-order valence-corrected chi connectivity index (χ1v) is 15.7. The summed E-state index contributed by atoms with van der Waals surface area (Å²) in [6, 6.07) is 0. The average molecular weight is 591 g/mol. The summed E-state index contributed by atoms with van der Waals surface area (Å²) in [5, 5.41) is 0. The molecule has 0 aliphatic rings. The Labute approximate surface area is 251 Å². The summed E-state index contributed by atoms with van der Waals surface area (Å²) >= 11 is 0. The van der Waals surface area contributed by atoms with Gasteiger partial charge in [0, 0.05) is 0 Å². The van der Waals surface area contributed by atoms with Crippen LogP contribution in [0, 0.1) is 0 Å². The molecule has 0 radical (unpaired) electrons. The predicted octanol–water partition coefficient (Wildman–Crippen LogP) is 6.27. The van der Waals surface area contributed by atoms with Crippen molar-refractivity contribution in [2.45, 2.75) is 0 Å². The minimum Gasteiger partial charge on any atom is -0.312 e. The molecule has 230 valence electrons. The monoisotopic (exact) mass is 590 g/mol. The Morgan fingerprint density at radius 2 is 0.561 bits per heavy atom. The fourth-order valence-corrected chi connectivity index (χ4v) is 6.25. The van der Waals surface area contributed by atoms with E-state index in [4.69, 9.17) is 13.6 Å². The molecule has 0 spiro atoms. The van der Waals surface area contributed by atoms with E-state index in [1.54, 1.807) is 0 Å². The second kappa shape index (κ2) is 21.4. The van der Waals surface area contributed by atoms with E-state index in [9.17, 15) is 4.57 Å². The molecular formula is C33H57N3O4P+3. The van der Waals surface area contributed by atoms with Gasteiger partial charge in [-0.25, -0.2) is 4.57 Å². The van der Waals surface area contributed by atoms with E-state index in [-0.39, 0.29) is 19.8 Å². The second-order valence-corrected chi connectivity index (χ2v) is 12.1. The van der Waals surface area contributed by atoms with Crippen LogP contribution in [0.4, 0.5) is 0 Å². The molecule has 7 nitrogen and oxygen atoms in total. The number of hydrogen-bond acceptors (Lipinski definition) is 4. The third-order valence-corrected chi connectivity index (χ3v) is 8.59. The highest BCUT2D eigenvalue weighted by atomic mass is 31.2. The van der Waals surface area contributed by atoms with Gasteiger partial charge in [0.25, 0.3) is 0 Å². The number of phosphoric ester groups is 1. The van der Waals surface area contributed by atoms with Gasteiger partial charge >= 0.3 is 7.82 Å². The number of hydrogen-bond donors (Lipinski definition) is 0. The molecule has 0 atom stereocenters. The summed E-state index contributed by atoms with van der Waals surface area (Å²) in [5.74, 6) is 0. The number of rotatable bonds is 30. The lowest BCUT2D eigenvalue weighted by Crippen LogP contribution is -2.51. The molecule has 0 aromatic rings. The van der Waals surface area contributed by atoms with Crippen LogP contribution in [0.1, 0.15) is 0 Å². The van der Waals surface area contributed by atoms with Gasteiger partial charge in [0.05, 0.1) is 58.9 Å². The summed E-state index contributed by atoms with van der Waals surface area (Å²) in [4.78, 5) is 0. The quantitative estimate of drug-likeness (QED) is 0.0562. The fourth-order valence-electron chi connectivity index (χ4n) is 5.11. The maximum atomic E-state index is 14.0. The summed E-state index contributed by atoms with van der Waals surface area (Å²) in [7, 11) is -3.91. The molecule has 41 heavy (non-hydrogen) atoms.